The van der Waals surface area contributed by atoms with Crippen molar-refractivity contribution in [1.29, 1.82) is 0 Å². The van der Waals surface area contributed by atoms with E-state index in [-0.39, 0.29) is 16.0 Å². The van der Waals surface area contributed by atoms with E-state index in [4.69, 9.17) is 0 Å². The molecule has 1 spiro atoms. The van der Waals surface area contributed by atoms with Crippen molar-refractivity contribution >= 4 is 17.7 Å². The van der Waals surface area contributed by atoms with Crippen LogP contribution in [0.15, 0.2) is 0 Å². The smallest absolute Gasteiger partial charge is 0.234 e. The molecule has 0 aromatic heterocycles. The zero-order chi connectivity index (χ0) is 9.76. The number of rotatable bonds is 0. The summed E-state index contributed by atoms with van der Waals surface area (Å²) in [5, 5.41) is 3.42. The Morgan fingerprint density at radius 3 is 2.64 bits per heavy atom. The minimum Gasteiger partial charge on any atom is -0.335 e. The van der Waals surface area contributed by atoms with Crippen LogP contribution in [0, 0.1) is 5.92 Å². The van der Waals surface area contributed by atoms with Crippen LogP contribution in [0.1, 0.15) is 19.8 Å². The largest absolute Gasteiger partial charge is 0.335 e. The molecule has 78 valence electrons. The third kappa shape index (κ3) is 1.13. The van der Waals surface area contributed by atoms with Gasteiger partial charge in [0.05, 0.1) is 18.3 Å². The van der Waals surface area contributed by atoms with Crippen LogP contribution in [0.5, 0.6) is 0 Å². The van der Waals surface area contributed by atoms with Gasteiger partial charge in [0.25, 0.3) is 0 Å². The number of nitrogens with one attached hydrogen (secondary N) is 2. The Kier molecular flexibility index (Phi) is 1.86. The van der Waals surface area contributed by atoms with Gasteiger partial charge in [0.1, 0.15) is 11.4 Å². The molecule has 1 amide bonds. The van der Waals surface area contributed by atoms with Crippen LogP contribution < -0.4 is 10.2 Å². The van der Waals surface area contributed by atoms with Crippen molar-refractivity contribution in [3.8, 4) is 0 Å². The molecule has 0 unspecified atom stereocenters. The Labute approximate surface area is 88.6 Å². The van der Waals surface area contributed by atoms with Crippen LogP contribution in [-0.4, -0.2) is 35.7 Å². The number of amides is 1. The van der Waals surface area contributed by atoms with Gasteiger partial charge in [0.15, 0.2) is 0 Å². The maximum Gasteiger partial charge on any atom is 0.234 e. The number of carbonyl (C=O) groups is 1. The van der Waals surface area contributed by atoms with Gasteiger partial charge in [-0.3, -0.25) is 4.79 Å². The second-order valence-electron chi connectivity index (χ2n) is 4.84. The standard InChI is InChI=1S/C10H16N2OS/c1-7-9(13)11-10(14-7)6-12-4-2-8(10)3-5-12/h7-8H,2-6H2,1H3,(H,11,13)/p+1/t7-,10+/m0/s1. The number of quaternary nitrogens is 1. The van der Waals surface area contributed by atoms with E-state index in [2.05, 4.69) is 5.32 Å². The lowest BCUT2D eigenvalue weighted by Crippen LogP contribution is -3.18. The van der Waals surface area contributed by atoms with Crippen molar-refractivity contribution in [2.75, 3.05) is 19.6 Å². The first-order valence-corrected chi connectivity index (χ1v) is 6.41. The molecule has 2 bridgehead atoms. The molecular weight excluding hydrogens is 196 g/mol. The molecule has 3 nitrogen and oxygen atoms in total. The summed E-state index contributed by atoms with van der Waals surface area (Å²) in [7, 11) is 0. The fourth-order valence-corrected chi connectivity index (χ4v) is 4.85. The highest BCUT2D eigenvalue weighted by molar-refractivity contribution is 8.02. The number of hydrogen-bond donors (Lipinski definition) is 2. The van der Waals surface area contributed by atoms with Crippen LogP contribution in [0.3, 0.4) is 0 Å². The molecule has 2 atom stereocenters. The molecular formula is C10H17N2OS+. The molecule has 0 aromatic carbocycles. The van der Waals surface area contributed by atoms with Crippen molar-refractivity contribution in [3.05, 3.63) is 0 Å². The number of carbonyl (C=O) groups excluding carboxylic acids is 1. The Bertz CT molecular complexity index is 275. The summed E-state index contributed by atoms with van der Waals surface area (Å²) in [4.78, 5) is 13.4. The zero-order valence-corrected chi connectivity index (χ0v) is 9.32. The number of fused-ring (bicyclic) bond motifs is 2. The molecule has 4 saturated heterocycles. The summed E-state index contributed by atoms with van der Waals surface area (Å²) < 4.78 is 0. The predicted octanol–water partition coefficient (Wildman–Crippen LogP) is -0.757. The van der Waals surface area contributed by atoms with E-state index in [1.54, 1.807) is 4.90 Å². The van der Waals surface area contributed by atoms with E-state index in [0.717, 1.165) is 12.5 Å². The third-order valence-corrected chi connectivity index (χ3v) is 5.52. The molecule has 4 aliphatic heterocycles. The van der Waals surface area contributed by atoms with E-state index in [9.17, 15) is 4.79 Å². The van der Waals surface area contributed by atoms with Gasteiger partial charge in [-0.05, 0) is 6.92 Å². The Balaban J connectivity index is 1.87. The summed E-state index contributed by atoms with van der Waals surface area (Å²) in [5.74, 6) is 0.988. The average Bonchev–Trinajstić information content (AvgIpc) is 2.43. The highest BCUT2D eigenvalue weighted by Crippen LogP contribution is 2.43. The average molecular weight is 213 g/mol. The maximum absolute atomic E-state index is 11.6. The minimum absolute atomic E-state index is 0.113. The van der Waals surface area contributed by atoms with E-state index >= 15 is 0 Å². The lowest BCUT2D eigenvalue weighted by molar-refractivity contribution is -0.919. The first kappa shape index (κ1) is 9.04. The van der Waals surface area contributed by atoms with E-state index in [1.807, 2.05) is 18.7 Å². The molecule has 4 heteroatoms. The molecule has 4 rings (SSSR count). The van der Waals surface area contributed by atoms with Crippen molar-refractivity contribution in [1.82, 2.24) is 5.32 Å². The van der Waals surface area contributed by atoms with Crippen LogP contribution >= 0.6 is 11.8 Å². The van der Waals surface area contributed by atoms with Crippen LogP contribution in [0.2, 0.25) is 0 Å². The van der Waals surface area contributed by atoms with Crippen LogP contribution in [-0.2, 0) is 4.79 Å². The van der Waals surface area contributed by atoms with E-state index in [1.165, 1.54) is 25.9 Å². The first-order chi connectivity index (χ1) is 6.70. The fraction of sp³-hybridized carbons (Fsp3) is 0.900. The molecule has 0 radical (unpaired) electrons. The van der Waals surface area contributed by atoms with E-state index < -0.39 is 0 Å². The van der Waals surface area contributed by atoms with Gasteiger partial charge >= 0.3 is 0 Å². The number of thioether (sulfide) groups is 1. The van der Waals surface area contributed by atoms with Crippen molar-refractivity contribution in [2.45, 2.75) is 29.9 Å². The second-order valence-corrected chi connectivity index (χ2v) is 6.51. The molecule has 0 aromatic rings. The maximum atomic E-state index is 11.6. The third-order valence-electron chi connectivity index (χ3n) is 3.96. The Hall–Kier alpha value is -0.220. The Morgan fingerprint density at radius 1 is 1.50 bits per heavy atom. The monoisotopic (exact) mass is 213 g/mol. The molecule has 4 aliphatic rings. The minimum atomic E-state index is 0.113. The highest BCUT2D eigenvalue weighted by Gasteiger charge is 2.55. The van der Waals surface area contributed by atoms with Crippen molar-refractivity contribution in [2.24, 2.45) is 5.92 Å². The molecule has 14 heavy (non-hydrogen) atoms. The predicted molar refractivity (Wildman–Crippen MR) is 56.2 cm³/mol. The van der Waals surface area contributed by atoms with Gasteiger partial charge in [-0.2, -0.15) is 0 Å². The molecule has 2 N–H and O–H groups in total. The quantitative estimate of drug-likeness (QED) is 0.555. The summed E-state index contributed by atoms with van der Waals surface area (Å²) in [6.07, 6.45) is 2.60. The fourth-order valence-electron chi connectivity index (χ4n) is 3.18. The normalized spacial score (nSPS) is 51.2. The SMILES string of the molecule is C[C@@H]1S[C@@]2(C[NH+]3CCC2CC3)NC1=O. The topological polar surface area (TPSA) is 33.5 Å². The van der Waals surface area contributed by atoms with Crippen LogP contribution in [0.4, 0.5) is 0 Å². The van der Waals surface area contributed by atoms with Gasteiger partial charge in [-0.25, -0.2) is 0 Å². The van der Waals surface area contributed by atoms with Crippen molar-refractivity contribution in [3.63, 3.8) is 0 Å². The summed E-state index contributed by atoms with van der Waals surface area (Å²) >= 11 is 1.88. The number of piperidine rings is 3. The van der Waals surface area contributed by atoms with Gasteiger partial charge in [-0.1, -0.05) is 0 Å². The van der Waals surface area contributed by atoms with Gasteiger partial charge in [-0.15, -0.1) is 11.8 Å². The lowest BCUT2D eigenvalue weighted by atomic mass is 9.83. The lowest BCUT2D eigenvalue weighted by Gasteiger charge is -2.47. The zero-order valence-electron chi connectivity index (χ0n) is 8.51. The van der Waals surface area contributed by atoms with Crippen LogP contribution in [0.25, 0.3) is 0 Å². The molecule has 0 aliphatic carbocycles. The Morgan fingerprint density at radius 2 is 2.21 bits per heavy atom. The summed E-state index contributed by atoms with van der Waals surface area (Å²) in [5.41, 5.74) is 0. The summed E-state index contributed by atoms with van der Waals surface area (Å²) in [6.45, 7) is 5.81. The molecule has 0 saturated carbocycles. The number of hydrogen-bond acceptors (Lipinski definition) is 2. The van der Waals surface area contributed by atoms with Gasteiger partial charge in [0.2, 0.25) is 5.91 Å². The molecule has 4 heterocycles. The van der Waals surface area contributed by atoms with Gasteiger partial charge in [0, 0.05) is 18.8 Å². The molecule has 4 fully saturated rings. The van der Waals surface area contributed by atoms with Crippen molar-refractivity contribution < 1.29 is 9.69 Å². The van der Waals surface area contributed by atoms with Gasteiger partial charge < -0.3 is 10.2 Å². The van der Waals surface area contributed by atoms with E-state index in [0.29, 0.717) is 0 Å². The first-order valence-electron chi connectivity index (χ1n) is 5.53. The highest BCUT2D eigenvalue weighted by atomic mass is 32.2. The second kappa shape index (κ2) is 2.89. The summed E-state index contributed by atoms with van der Waals surface area (Å²) in [6, 6.07) is 0.